The van der Waals surface area contributed by atoms with Gasteiger partial charge in [-0.05, 0) is 32.0 Å². The van der Waals surface area contributed by atoms with Crippen LogP contribution in [0.3, 0.4) is 0 Å². The van der Waals surface area contributed by atoms with Crippen LogP contribution in [0.4, 0.5) is 0 Å². The van der Waals surface area contributed by atoms with E-state index in [4.69, 9.17) is 14.2 Å². The Labute approximate surface area is 125 Å². The van der Waals surface area contributed by atoms with Crippen LogP contribution < -0.4 is 9.47 Å². The molecule has 0 saturated carbocycles. The summed E-state index contributed by atoms with van der Waals surface area (Å²) in [6.07, 6.45) is 0.841. The fourth-order valence-corrected chi connectivity index (χ4v) is 2.37. The van der Waals surface area contributed by atoms with Crippen LogP contribution in [0.1, 0.15) is 24.2 Å². The molecule has 0 bridgehead atoms. The number of hydrogen-bond acceptors (Lipinski definition) is 5. The molecule has 1 aromatic carbocycles. The molecule has 0 radical (unpaired) electrons. The molecule has 0 aliphatic carbocycles. The fourth-order valence-electron chi connectivity index (χ4n) is 2.37. The van der Waals surface area contributed by atoms with Gasteiger partial charge in [0, 0.05) is 24.7 Å². The summed E-state index contributed by atoms with van der Waals surface area (Å²) in [5, 5.41) is 0. The first kappa shape index (κ1) is 15.8. The number of hydrogen-bond donors (Lipinski definition) is 0. The van der Waals surface area contributed by atoms with Crippen molar-refractivity contribution in [2.45, 2.75) is 26.0 Å². The number of rotatable bonds is 6. The van der Waals surface area contributed by atoms with Gasteiger partial charge in [0.2, 0.25) is 0 Å². The molecule has 0 spiro atoms. The normalized spacial score (nSPS) is 19.5. The molecule has 1 aliphatic rings. The number of carbonyl (C=O) groups excluding carboxylic acids is 1. The van der Waals surface area contributed by atoms with Gasteiger partial charge in [-0.1, -0.05) is 0 Å². The molecule has 1 aliphatic heterocycles. The van der Waals surface area contributed by atoms with Gasteiger partial charge in [-0.25, -0.2) is 0 Å². The number of methoxy groups -OCH3 is 1. The fraction of sp³-hybridized carbons (Fsp3) is 0.562. The Bertz CT molecular complexity index is 475. The molecule has 5 heteroatoms. The van der Waals surface area contributed by atoms with Gasteiger partial charge in [0.05, 0.1) is 13.7 Å². The van der Waals surface area contributed by atoms with E-state index in [0.717, 1.165) is 26.0 Å². The zero-order valence-electron chi connectivity index (χ0n) is 12.9. The van der Waals surface area contributed by atoms with Gasteiger partial charge in [-0.3, -0.25) is 9.69 Å². The van der Waals surface area contributed by atoms with Gasteiger partial charge < -0.3 is 14.2 Å². The lowest BCUT2D eigenvalue weighted by atomic mass is 10.2. The Morgan fingerprint density at radius 3 is 2.90 bits per heavy atom. The molecular formula is C16H23NO4. The van der Waals surface area contributed by atoms with Crippen molar-refractivity contribution in [1.82, 2.24) is 4.90 Å². The molecule has 5 nitrogen and oxygen atoms in total. The molecule has 1 atom stereocenters. The van der Waals surface area contributed by atoms with E-state index in [1.807, 2.05) is 0 Å². The molecule has 1 unspecified atom stereocenters. The van der Waals surface area contributed by atoms with Gasteiger partial charge >= 0.3 is 0 Å². The maximum absolute atomic E-state index is 10.8. The lowest BCUT2D eigenvalue weighted by Crippen LogP contribution is -2.47. The summed E-state index contributed by atoms with van der Waals surface area (Å²) < 4.78 is 16.8. The molecule has 1 fully saturated rings. The average Bonchev–Trinajstić information content (AvgIpc) is 2.53. The zero-order valence-corrected chi connectivity index (χ0v) is 12.9. The monoisotopic (exact) mass is 293 g/mol. The standard InChI is InChI=1S/C16H23NO4/c1-12(2)17-6-7-20-14(9-17)11-21-15-5-4-13(10-18)8-16(15)19-3/h4-5,8,10,12,14H,6-7,9,11H2,1-3H3. The number of ether oxygens (including phenoxy) is 3. The van der Waals surface area contributed by atoms with Gasteiger partial charge in [0.1, 0.15) is 19.0 Å². The molecule has 1 aromatic rings. The van der Waals surface area contributed by atoms with Crippen molar-refractivity contribution >= 4 is 6.29 Å². The summed E-state index contributed by atoms with van der Waals surface area (Å²) in [6, 6.07) is 5.65. The quantitative estimate of drug-likeness (QED) is 0.751. The van der Waals surface area contributed by atoms with E-state index < -0.39 is 0 Å². The lowest BCUT2D eigenvalue weighted by Gasteiger charge is -2.35. The Kier molecular flexibility index (Phi) is 5.59. The molecule has 1 heterocycles. The average molecular weight is 293 g/mol. The highest BCUT2D eigenvalue weighted by Gasteiger charge is 2.23. The summed E-state index contributed by atoms with van der Waals surface area (Å²) >= 11 is 0. The van der Waals surface area contributed by atoms with Crippen LogP contribution in [0.15, 0.2) is 18.2 Å². The van der Waals surface area contributed by atoms with Crippen molar-refractivity contribution < 1.29 is 19.0 Å². The first-order valence-electron chi connectivity index (χ1n) is 7.25. The topological polar surface area (TPSA) is 48.0 Å². The van der Waals surface area contributed by atoms with Crippen molar-refractivity contribution in [2.75, 3.05) is 33.4 Å². The largest absolute Gasteiger partial charge is 0.493 e. The molecule has 0 N–H and O–H groups in total. The highest BCUT2D eigenvalue weighted by atomic mass is 16.5. The van der Waals surface area contributed by atoms with E-state index in [-0.39, 0.29) is 6.10 Å². The SMILES string of the molecule is COc1cc(C=O)ccc1OCC1CN(C(C)C)CCO1. The maximum Gasteiger partial charge on any atom is 0.161 e. The minimum Gasteiger partial charge on any atom is -0.493 e. The Balaban J connectivity index is 1.94. The van der Waals surface area contributed by atoms with Crippen molar-refractivity contribution in [3.05, 3.63) is 23.8 Å². The second-order valence-electron chi connectivity index (χ2n) is 5.42. The Morgan fingerprint density at radius 1 is 1.43 bits per heavy atom. The first-order valence-corrected chi connectivity index (χ1v) is 7.25. The molecule has 116 valence electrons. The van der Waals surface area contributed by atoms with E-state index >= 15 is 0 Å². The third-order valence-corrected chi connectivity index (χ3v) is 3.65. The number of benzene rings is 1. The van der Waals surface area contributed by atoms with Gasteiger partial charge in [-0.2, -0.15) is 0 Å². The van der Waals surface area contributed by atoms with Crippen LogP contribution in [-0.2, 0) is 4.74 Å². The lowest BCUT2D eigenvalue weighted by molar-refractivity contribution is -0.0566. The second-order valence-corrected chi connectivity index (χ2v) is 5.42. The molecule has 1 saturated heterocycles. The van der Waals surface area contributed by atoms with E-state index in [1.54, 1.807) is 25.3 Å². The first-order chi connectivity index (χ1) is 10.1. The Morgan fingerprint density at radius 2 is 2.24 bits per heavy atom. The third kappa shape index (κ3) is 4.19. The van der Waals surface area contributed by atoms with Crippen LogP contribution in [0, 0.1) is 0 Å². The van der Waals surface area contributed by atoms with E-state index in [2.05, 4.69) is 18.7 Å². The number of nitrogens with zero attached hydrogens (tertiary/aromatic N) is 1. The summed E-state index contributed by atoms with van der Waals surface area (Å²) in [4.78, 5) is 13.1. The highest BCUT2D eigenvalue weighted by molar-refractivity contribution is 5.76. The van der Waals surface area contributed by atoms with E-state index in [0.29, 0.717) is 29.7 Å². The molecule has 21 heavy (non-hydrogen) atoms. The highest BCUT2D eigenvalue weighted by Crippen LogP contribution is 2.28. The third-order valence-electron chi connectivity index (χ3n) is 3.65. The van der Waals surface area contributed by atoms with Crippen LogP contribution in [0.5, 0.6) is 11.5 Å². The molecule has 0 amide bonds. The number of morpholine rings is 1. The predicted octanol–water partition coefficient (Wildman–Crippen LogP) is 2.00. The molecular weight excluding hydrogens is 270 g/mol. The van der Waals surface area contributed by atoms with E-state index in [1.165, 1.54) is 0 Å². The minimum atomic E-state index is 0.0524. The van der Waals surface area contributed by atoms with Gasteiger partial charge in [-0.15, -0.1) is 0 Å². The number of carbonyl (C=O) groups is 1. The van der Waals surface area contributed by atoms with Gasteiger partial charge in [0.15, 0.2) is 11.5 Å². The van der Waals surface area contributed by atoms with E-state index in [9.17, 15) is 4.79 Å². The predicted molar refractivity (Wildman–Crippen MR) is 80.3 cm³/mol. The Hall–Kier alpha value is -1.59. The summed E-state index contributed by atoms with van der Waals surface area (Å²) in [7, 11) is 1.56. The molecule has 2 rings (SSSR count). The second kappa shape index (κ2) is 7.43. The van der Waals surface area contributed by atoms with Crippen molar-refractivity contribution in [3.63, 3.8) is 0 Å². The van der Waals surface area contributed by atoms with Gasteiger partial charge in [0.25, 0.3) is 0 Å². The number of aldehydes is 1. The van der Waals surface area contributed by atoms with Crippen LogP contribution in [-0.4, -0.2) is 56.7 Å². The molecule has 0 aromatic heterocycles. The van der Waals surface area contributed by atoms with Crippen molar-refractivity contribution in [3.8, 4) is 11.5 Å². The zero-order chi connectivity index (χ0) is 15.2. The summed E-state index contributed by atoms with van der Waals surface area (Å²) in [5.74, 6) is 1.20. The maximum atomic E-state index is 10.8. The minimum absolute atomic E-state index is 0.0524. The smallest absolute Gasteiger partial charge is 0.161 e. The van der Waals surface area contributed by atoms with Crippen molar-refractivity contribution in [2.24, 2.45) is 0 Å². The summed E-state index contributed by atoms with van der Waals surface area (Å²) in [5.41, 5.74) is 0.569. The van der Waals surface area contributed by atoms with Crippen LogP contribution >= 0.6 is 0 Å². The van der Waals surface area contributed by atoms with Crippen LogP contribution in [0.2, 0.25) is 0 Å². The van der Waals surface area contributed by atoms with Crippen molar-refractivity contribution in [1.29, 1.82) is 0 Å². The van der Waals surface area contributed by atoms with Crippen LogP contribution in [0.25, 0.3) is 0 Å². The summed E-state index contributed by atoms with van der Waals surface area (Å²) in [6.45, 7) is 7.40.